The predicted molar refractivity (Wildman–Crippen MR) is 81.0 cm³/mol. The Morgan fingerprint density at radius 1 is 1.26 bits per heavy atom. The van der Waals surface area contributed by atoms with Crippen molar-refractivity contribution in [3.8, 4) is 5.75 Å². The molecule has 0 amide bonds. The zero-order chi connectivity index (χ0) is 14.2. The molecule has 0 saturated carbocycles. The van der Waals surface area contributed by atoms with Gasteiger partial charge in [-0.2, -0.15) is 0 Å². The van der Waals surface area contributed by atoms with Crippen LogP contribution in [-0.4, -0.2) is 12.6 Å². The van der Waals surface area contributed by atoms with E-state index in [2.05, 4.69) is 59.0 Å². The summed E-state index contributed by atoms with van der Waals surface area (Å²) in [5.74, 6) is 1.12. The molecule has 1 aromatic carbocycles. The molecule has 0 aromatic heterocycles. The fourth-order valence-electron chi connectivity index (χ4n) is 2.87. The fourth-order valence-corrected chi connectivity index (χ4v) is 2.87. The lowest BCUT2D eigenvalue weighted by Crippen LogP contribution is -2.33. The number of aryl methyl sites for hydroxylation is 1. The van der Waals surface area contributed by atoms with Crippen LogP contribution in [0.1, 0.15) is 63.8 Å². The SMILES string of the molecule is Cc1ccc(C(C)(C)C)c2c1C(NC(C)C)CCO2. The van der Waals surface area contributed by atoms with E-state index in [0.29, 0.717) is 12.1 Å². The van der Waals surface area contributed by atoms with E-state index in [9.17, 15) is 0 Å². The third kappa shape index (κ3) is 2.94. The van der Waals surface area contributed by atoms with Crippen LogP contribution in [0.3, 0.4) is 0 Å². The lowest BCUT2D eigenvalue weighted by Gasteiger charge is -2.34. The Morgan fingerprint density at radius 2 is 1.95 bits per heavy atom. The lowest BCUT2D eigenvalue weighted by molar-refractivity contribution is 0.241. The molecule has 1 aromatic rings. The first-order valence-corrected chi connectivity index (χ1v) is 7.33. The minimum Gasteiger partial charge on any atom is -0.493 e. The smallest absolute Gasteiger partial charge is 0.128 e. The van der Waals surface area contributed by atoms with Crippen molar-refractivity contribution >= 4 is 0 Å². The molecule has 1 aliphatic rings. The highest BCUT2D eigenvalue weighted by molar-refractivity contribution is 5.51. The number of ether oxygens (including phenoxy) is 1. The van der Waals surface area contributed by atoms with E-state index in [4.69, 9.17) is 4.74 Å². The van der Waals surface area contributed by atoms with Crippen molar-refractivity contribution in [1.82, 2.24) is 5.32 Å². The van der Waals surface area contributed by atoms with Gasteiger partial charge in [0.25, 0.3) is 0 Å². The Bertz CT molecular complexity index is 457. The molecule has 2 heteroatoms. The van der Waals surface area contributed by atoms with Gasteiger partial charge in [-0.1, -0.05) is 46.8 Å². The van der Waals surface area contributed by atoms with Gasteiger partial charge in [-0.25, -0.2) is 0 Å². The second kappa shape index (κ2) is 5.16. The number of hydrogen-bond acceptors (Lipinski definition) is 2. The van der Waals surface area contributed by atoms with Crippen LogP contribution in [0.2, 0.25) is 0 Å². The molecule has 0 fully saturated rings. The van der Waals surface area contributed by atoms with Crippen LogP contribution >= 0.6 is 0 Å². The summed E-state index contributed by atoms with van der Waals surface area (Å²) >= 11 is 0. The van der Waals surface area contributed by atoms with Crippen molar-refractivity contribution in [3.05, 3.63) is 28.8 Å². The first kappa shape index (κ1) is 14.4. The van der Waals surface area contributed by atoms with Crippen molar-refractivity contribution in [2.45, 2.75) is 65.5 Å². The molecular weight excluding hydrogens is 234 g/mol. The molecule has 0 bridgehead atoms. The van der Waals surface area contributed by atoms with Gasteiger partial charge in [0.15, 0.2) is 0 Å². The highest BCUT2D eigenvalue weighted by Crippen LogP contribution is 2.42. The van der Waals surface area contributed by atoms with Gasteiger partial charge >= 0.3 is 0 Å². The molecule has 2 nitrogen and oxygen atoms in total. The van der Waals surface area contributed by atoms with E-state index >= 15 is 0 Å². The molecular formula is C17H27NO. The molecule has 0 aliphatic carbocycles. The van der Waals surface area contributed by atoms with Gasteiger partial charge in [0.2, 0.25) is 0 Å². The van der Waals surface area contributed by atoms with E-state index in [1.807, 2.05) is 0 Å². The molecule has 2 rings (SSSR count). The average molecular weight is 261 g/mol. The van der Waals surface area contributed by atoms with Gasteiger partial charge in [-0.05, 0) is 23.5 Å². The van der Waals surface area contributed by atoms with E-state index in [1.165, 1.54) is 16.7 Å². The lowest BCUT2D eigenvalue weighted by atomic mass is 9.82. The van der Waals surface area contributed by atoms with Crippen LogP contribution in [0.5, 0.6) is 5.75 Å². The van der Waals surface area contributed by atoms with Gasteiger partial charge in [0.1, 0.15) is 5.75 Å². The normalized spacial score (nSPS) is 19.2. The molecule has 19 heavy (non-hydrogen) atoms. The van der Waals surface area contributed by atoms with Crippen molar-refractivity contribution in [1.29, 1.82) is 0 Å². The monoisotopic (exact) mass is 261 g/mol. The Kier molecular flexibility index (Phi) is 3.91. The van der Waals surface area contributed by atoms with Crippen LogP contribution in [0.25, 0.3) is 0 Å². The van der Waals surface area contributed by atoms with Crippen molar-refractivity contribution in [3.63, 3.8) is 0 Å². The van der Waals surface area contributed by atoms with Gasteiger partial charge in [-0.3, -0.25) is 0 Å². The highest BCUT2D eigenvalue weighted by Gasteiger charge is 2.29. The number of benzene rings is 1. The van der Waals surface area contributed by atoms with Crippen LogP contribution in [0, 0.1) is 6.92 Å². The summed E-state index contributed by atoms with van der Waals surface area (Å²) in [6.45, 7) is 14.2. The molecule has 106 valence electrons. The molecule has 1 aliphatic heterocycles. The Balaban J connectivity index is 2.51. The van der Waals surface area contributed by atoms with Crippen LogP contribution in [0.4, 0.5) is 0 Å². The minimum atomic E-state index is 0.123. The molecule has 1 unspecified atom stereocenters. The van der Waals surface area contributed by atoms with E-state index in [1.54, 1.807) is 0 Å². The standard InChI is InChI=1S/C17H27NO/c1-11(2)18-14-9-10-19-16-13(17(4,5)6)8-7-12(3)15(14)16/h7-8,11,14,18H,9-10H2,1-6H3. The maximum atomic E-state index is 6.03. The van der Waals surface area contributed by atoms with Gasteiger partial charge < -0.3 is 10.1 Å². The highest BCUT2D eigenvalue weighted by atomic mass is 16.5. The minimum absolute atomic E-state index is 0.123. The first-order chi connectivity index (χ1) is 8.80. The summed E-state index contributed by atoms with van der Waals surface area (Å²) in [6.07, 6.45) is 1.06. The maximum Gasteiger partial charge on any atom is 0.128 e. The largest absolute Gasteiger partial charge is 0.493 e. The van der Waals surface area contributed by atoms with E-state index in [-0.39, 0.29) is 5.41 Å². The third-order valence-corrected chi connectivity index (χ3v) is 3.76. The van der Waals surface area contributed by atoms with Crippen LogP contribution < -0.4 is 10.1 Å². The predicted octanol–water partition coefficient (Wildman–Crippen LogP) is 4.11. The Hall–Kier alpha value is -1.02. The van der Waals surface area contributed by atoms with Crippen molar-refractivity contribution in [2.24, 2.45) is 0 Å². The van der Waals surface area contributed by atoms with Crippen molar-refractivity contribution < 1.29 is 4.74 Å². The number of hydrogen-bond donors (Lipinski definition) is 1. The molecule has 1 heterocycles. The molecule has 0 radical (unpaired) electrons. The summed E-state index contributed by atoms with van der Waals surface area (Å²) < 4.78 is 6.03. The second-order valence-corrected chi connectivity index (χ2v) is 6.93. The maximum absolute atomic E-state index is 6.03. The van der Waals surface area contributed by atoms with Crippen LogP contribution in [0.15, 0.2) is 12.1 Å². The molecule has 0 spiro atoms. The average Bonchev–Trinajstić information content (AvgIpc) is 2.26. The summed E-state index contributed by atoms with van der Waals surface area (Å²) in [7, 11) is 0. The second-order valence-electron chi connectivity index (χ2n) is 6.93. The van der Waals surface area contributed by atoms with Gasteiger partial charge in [-0.15, -0.1) is 0 Å². The fraction of sp³-hybridized carbons (Fsp3) is 0.647. The quantitative estimate of drug-likeness (QED) is 0.865. The summed E-state index contributed by atoms with van der Waals surface area (Å²) in [6, 6.07) is 5.38. The van der Waals surface area contributed by atoms with E-state index < -0.39 is 0 Å². The zero-order valence-electron chi connectivity index (χ0n) is 13.1. The molecule has 0 saturated heterocycles. The number of fused-ring (bicyclic) bond motifs is 1. The Morgan fingerprint density at radius 3 is 2.53 bits per heavy atom. The third-order valence-electron chi connectivity index (χ3n) is 3.76. The topological polar surface area (TPSA) is 21.3 Å². The summed E-state index contributed by atoms with van der Waals surface area (Å²) in [5.41, 5.74) is 4.15. The van der Waals surface area contributed by atoms with Crippen molar-refractivity contribution in [2.75, 3.05) is 6.61 Å². The Labute approximate surface area is 117 Å². The summed E-state index contributed by atoms with van der Waals surface area (Å²) in [5, 5.41) is 3.68. The first-order valence-electron chi connectivity index (χ1n) is 7.33. The van der Waals surface area contributed by atoms with Crippen LogP contribution in [-0.2, 0) is 5.41 Å². The molecule has 1 atom stereocenters. The number of nitrogens with one attached hydrogen (secondary N) is 1. The van der Waals surface area contributed by atoms with E-state index in [0.717, 1.165) is 18.8 Å². The van der Waals surface area contributed by atoms with Gasteiger partial charge in [0.05, 0.1) is 6.61 Å². The zero-order valence-corrected chi connectivity index (χ0v) is 13.1. The van der Waals surface area contributed by atoms with Gasteiger partial charge in [0, 0.05) is 24.1 Å². The number of rotatable bonds is 2. The molecule has 1 N–H and O–H groups in total. The summed E-state index contributed by atoms with van der Waals surface area (Å²) in [4.78, 5) is 0.